The molecule has 0 aliphatic rings. The second-order valence-corrected chi connectivity index (χ2v) is 4.60. The largest absolute Gasteiger partial charge is 0.491 e. The number of rotatable bonds is 4. The zero-order chi connectivity index (χ0) is 13.0. The third-order valence-electron chi connectivity index (χ3n) is 2.13. The summed E-state index contributed by atoms with van der Waals surface area (Å²) in [5.74, 6) is 0.493. The van der Waals surface area contributed by atoms with E-state index in [1.165, 1.54) is 0 Å². The van der Waals surface area contributed by atoms with E-state index in [-0.39, 0.29) is 18.2 Å². The molecule has 1 rings (SSSR count). The minimum absolute atomic E-state index is 0.103. The molecule has 1 aromatic carbocycles. The molecule has 17 heavy (non-hydrogen) atoms. The highest BCUT2D eigenvalue weighted by atomic mass is 16.5. The van der Waals surface area contributed by atoms with Crippen LogP contribution in [0.25, 0.3) is 0 Å². The maximum Gasteiger partial charge on any atom is 0.338 e. The smallest absolute Gasteiger partial charge is 0.338 e. The molecule has 0 saturated carbocycles. The molecule has 0 radical (unpaired) electrons. The van der Waals surface area contributed by atoms with Crippen LogP contribution >= 0.6 is 0 Å². The molecule has 0 fully saturated rings. The molecule has 0 saturated heterocycles. The summed E-state index contributed by atoms with van der Waals surface area (Å²) in [5, 5.41) is 0. The molecule has 1 aromatic rings. The number of hydrogen-bond donors (Lipinski definition) is 0. The van der Waals surface area contributed by atoms with Crippen LogP contribution in [0.3, 0.4) is 0 Å². The first-order valence-electron chi connectivity index (χ1n) is 5.88. The Labute approximate surface area is 103 Å². The molecule has 0 aliphatic heterocycles. The molecule has 0 atom stereocenters. The quantitative estimate of drug-likeness (QED) is 0.752. The summed E-state index contributed by atoms with van der Waals surface area (Å²) in [4.78, 5) is 11.7. The fourth-order valence-electron chi connectivity index (χ4n) is 1.49. The van der Waals surface area contributed by atoms with E-state index in [9.17, 15) is 4.79 Å². The standard InChI is InChI=1S/C14H20O3/c1-9(2)16-12-6-7-13(11(5)8-12)14(15)17-10(3)4/h6-10H,1-5H3. The Morgan fingerprint density at radius 1 is 1.12 bits per heavy atom. The lowest BCUT2D eigenvalue weighted by atomic mass is 10.1. The summed E-state index contributed by atoms with van der Waals surface area (Å²) >= 11 is 0. The summed E-state index contributed by atoms with van der Waals surface area (Å²) < 4.78 is 10.7. The van der Waals surface area contributed by atoms with Crippen molar-refractivity contribution in [2.75, 3.05) is 0 Å². The molecule has 0 aromatic heterocycles. The molecular formula is C14H20O3. The van der Waals surface area contributed by atoms with Crippen LogP contribution in [-0.4, -0.2) is 18.2 Å². The summed E-state index contributed by atoms with van der Waals surface area (Å²) in [6.07, 6.45) is 0.0244. The van der Waals surface area contributed by atoms with Crippen LogP contribution in [0, 0.1) is 6.92 Å². The van der Waals surface area contributed by atoms with Crippen molar-refractivity contribution in [3.05, 3.63) is 29.3 Å². The van der Waals surface area contributed by atoms with E-state index in [2.05, 4.69) is 0 Å². The fourth-order valence-corrected chi connectivity index (χ4v) is 1.49. The maximum atomic E-state index is 11.7. The number of carbonyl (C=O) groups excluding carboxylic acids is 1. The highest BCUT2D eigenvalue weighted by molar-refractivity contribution is 5.91. The predicted octanol–water partition coefficient (Wildman–Crippen LogP) is 3.35. The van der Waals surface area contributed by atoms with E-state index in [1.54, 1.807) is 12.1 Å². The second-order valence-electron chi connectivity index (χ2n) is 4.60. The molecule has 3 nitrogen and oxygen atoms in total. The lowest BCUT2D eigenvalue weighted by Gasteiger charge is -2.13. The predicted molar refractivity (Wildman–Crippen MR) is 67.5 cm³/mol. The third-order valence-corrected chi connectivity index (χ3v) is 2.13. The maximum absolute atomic E-state index is 11.7. The topological polar surface area (TPSA) is 35.5 Å². The normalized spacial score (nSPS) is 10.8. The molecule has 0 unspecified atom stereocenters. The molecule has 3 heteroatoms. The first kappa shape index (κ1) is 13.6. The van der Waals surface area contributed by atoms with Gasteiger partial charge < -0.3 is 9.47 Å². The Morgan fingerprint density at radius 2 is 1.76 bits per heavy atom. The van der Waals surface area contributed by atoms with Gasteiger partial charge in [0.2, 0.25) is 0 Å². The highest BCUT2D eigenvalue weighted by Crippen LogP contribution is 2.19. The zero-order valence-electron chi connectivity index (χ0n) is 11.1. The van der Waals surface area contributed by atoms with Crippen LogP contribution in [0.15, 0.2) is 18.2 Å². The van der Waals surface area contributed by atoms with Crippen molar-refractivity contribution >= 4 is 5.97 Å². The molecule has 0 heterocycles. The van der Waals surface area contributed by atoms with E-state index in [0.29, 0.717) is 5.56 Å². The first-order valence-corrected chi connectivity index (χ1v) is 5.88. The summed E-state index contributed by atoms with van der Waals surface area (Å²) in [7, 11) is 0. The van der Waals surface area contributed by atoms with Crippen LogP contribution in [0.4, 0.5) is 0 Å². The summed E-state index contributed by atoms with van der Waals surface area (Å²) in [6, 6.07) is 5.40. The molecule has 0 spiro atoms. The van der Waals surface area contributed by atoms with Gasteiger partial charge in [-0.2, -0.15) is 0 Å². The average molecular weight is 236 g/mol. The fraction of sp³-hybridized carbons (Fsp3) is 0.500. The number of esters is 1. The van der Waals surface area contributed by atoms with Gasteiger partial charge in [-0.3, -0.25) is 0 Å². The van der Waals surface area contributed by atoms with E-state index >= 15 is 0 Å². The molecule has 94 valence electrons. The number of benzene rings is 1. The van der Waals surface area contributed by atoms with Crippen molar-refractivity contribution in [1.82, 2.24) is 0 Å². The Hall–Kier alpha value is -1.51. The Kier molecular flexibility index (Phi) is 4.55. The lowest BCUT2D eigenvalue weighted by Crippen LogP contribution is -2.13. The number of ether oxygens (including phenoxy) is 2. The van der Waals surface area contributed by atoms with Crippen molar-refractivity contribution in [1.29, 1.82) is 0 Å². The molecular weight excluding hydrogens is 216 g/mol. The minimum atomic E-state index is -0.284. The van der Waals surface area contributed by atoms with Gasteiger partial charge in [0, 0.05) is 0 Å². The van der Waals surface area contributed by atoms with Gasteiger partial charge in [0.05, 0.1) is 17.8 Å². The van der Waals surface area contributed by atoms with E-state index < -0.39 is 0 Å². The number of aryl methyl sites for hydroxylation is 1. The number of carbonyl (C=O) groups is 1. The highest BCUT2D eigenvalue weighted by Gasteiger charge is 2.12. The first-order chi connectivity index (χ1) is 7.90. The summed E-state index contributed by atoms with van der Waals surface area (Å²) in [6.45, 7) is 9.49. The van der Waals surface area contributed by atoms with Crippen molar-refractivity contribution in [2.24, 2.45) is 0 Å². The van der Waals surface area contributed by atoms with Crippen molar-refractivity contribution < 1.29 is 14.3 Å². The van der Waals surface area contributed by atoms with Crippen LogP contribution in [0.2, 0.25) is 0 Å². The Bertz CT molecular complexity index is 394. The zero-order valence-corrected chi connectivity index (χ0v) is 11.1. The summed E-state index contributed by atoms with van der Waals surface area (Å²) in [5.41, 5.74) is 1.46. The lowest BCUT2D eigenvalue weighted by molar-refractivity contribution is 0.0377. The van der Waals surface area contributed by atoms with Crippen LogP contribution < -0.4 is 4.74 Å². The minimum Gasteiger partial charge on any atom is -0.491 e. The van der Waals surface area contributed by atoms with Crippen molar-refractivity contribution in [2.45, 2.75) is 46.8 Å². The Balaban J connectivity index is 2.86. The van der Waals surface area contributed by atoms with E-state index in [0.717, 1.165) is 11.3 Å². The van der Waals surface area contributed by atoms with Gasteiger partial charge in [0.1, 0.15) is 5.75 Å². The monoisotopic (exact) mass is 236 g/mol. The average Bonchev–Trinajstić information content (AvgIpc) is 2.14. The SMILES string of the molecule is Cc1cc(OC(C)C)ccc1C(=O)OC(C)C. The third kappa shape index (κ3) is 4.10. The van der Waals surface area contributed by atoms with E-state index in [4.69, 9.17) is 9.47 Å². The van der Waals surface area contributed by atoms with Gasteiger partial charge >= 0.3 is 5.97 Å². The van der Waals surface area contributed by atoms with Crippen LogP contribution in [0.5, 0.6) is 5.75 Å². The molecule has 0 N–H and O–H groups in total. The van der Waals surface area contributed by atoms with Gasteiger partial charge in [-0.1, -0.05) is 0 Å². The van der Waals surface area contributed by atoms with E-state index in [1.807, 2.05) is 40.7 Å². The number of hydrogen-bond acceptors (Lipinski definition) is 3. The van der Waals surface area contributed by atoms with Crippen molar-refractivity contribution in [3.63, 3.8) is 0 Å². The van der Waals surface area contributed by atoms with Crippen molar-refractivity contribution in [3.8, 4) is 5.75 Å². The molecule has 0 amide bonds. The van der Waals surface area contributed by atoms with Gasteiger partial charge in [-0.25, -0.2) is 4.79 Å². The van der Waals surface area contributed by atoms with Crippen LogP contribution in [-0.2, 0) is 4.74 Å². The van der Waals surface area contributed by atoms with Gasteiger partial charge in [0.15, 0.2) is 0 Å². The molecule has 0 bridgehead atoms. The van der Waals surface area contributed by atoms with Gasteiger partial charge in [-0.15, -0.1) is 0 Å². The Morgan fingerprint density at radius 3 is 2.24 bits per heavy atom. The van der Waals surface area contributed by atoms with Gasteiger partial charge in [0.25, 0.3) is 0 Å². The second kappa shape index (κ2) is 5.71. The molecule has 0 aliphatic carbocycles. The van der Waals surface area contributed by atoms with Gasteiger partial charge in [-0.05, 0) is 58.4 Å². The van der Waals surface area contributed by atoms with Crippen LogP contribution in [0.1, 0.15) is 43.6 Å².